The van der Waals surface area contributed by atoms with Crippen molar-refractivity contribution in [1.82, 2.24) is 5.32 Å². The normalized spacial score (nSPS) is 24.5. The van der Waals surface area contributed by atoms with Gasteiger partial charge in [-0.3, -0.25) is 4.79 Å². The van der Waals surface area contributed by atoms with Gasteiger partial charge in [0, 0.05) is 5.41 Å². The van der Waals surface area contributed by atoms with E-state index in [4.69, 9.17) is 5.11 Å². The quantitative estimate of drug-likeness (QED) is 0.761. The molecule has 0 aromatic carbocycles. The number of hydrogen-bond acceptors (Lipinski definition) is 2. The van der Waals surface area contributed by atoms with Gasteiger partial charge in [0.15, 0.2) is 0 Å². The Labute approximate surface area is 109 Å². The highest BCUT2D eigenvalue weighted by atomic mass is 16.4. The number of carboxylic acids is 1. The van der Waals surface area contributed by atoms with Crippen LogP contribution in [0.25, 0.3) is 0 Å². The molecular weight excluding hydrogens is 226 g/mol. The summed E-state index contributed by atoms with van der Waals surface area (Å²) in [5, 5.41) is 12.1. The van der Waals surface area contributed by atoms with Crippen molar-refractivity contribution in [3.8, 4) is 0 Å². The van der Waals surface area contributed by atoms with Crippen LogP contribution in [0.15, 0.2) is 36.0 Å². The van der Waals surface area contributed by atoms with Crippen molar-refractivity contribution in [2.24, 2.45) is 5.41 Å². The second-order valence-corrected chi connectivity index (χ2v) is 4.95. The van der Waals surface area contributed by atoms with Crippen molar-refractivity contribution in [3.05, 3.63) is 36.0 Å². The molecule has 100 valence electrons. The van der Waals surface area contributed by atoms with E-state index in [9.17, 15) is 4.79 Å². The summed E-state index contributed by atoms with van der Waals surface area (Å²) in [4.78, 5) is 11.1. The largest absolute Gasteiger partial charge is 0.480 e. The summed E-state index contributed by atoms with van der Waals surface area (Å²) >= 11 is 0. The van der Waals surface area contributed by atoms with Crippen LogP contribution in [0.1, 0.15) is 33.6 Å². The number of allylic oxidation sites excluding steroid dienone is 5. The Bertz CT molecular complexity index is 382. The summed E-state index contributed by atoms with van der Waals surface area (Å²) in [5.74, 6) is -0.794. The van der Waals surface area contributed by atoms with Gasteiger partial charge < -0.3 is 10.4 Å². The van der Waals surface area contributed by atoms with Crippen LogP contribution in [0.3, 0.4) is 0 Å². The van der Waals surface area contributed by atoms with Gasteiger partial charge in [0.05, 0.1) is 0 Å². The van der Waals surface area contributed by atoms with Crippen LogP contribution < -0.4 is 5.32 Å². The molecule has 1 aliphatic carbocycles. The third-order valence-corrected chi connectivity index (χ3v) is 3.42. The Balaban J connectivity index is 2.74. The maximum absolute atomic E-state index is 11.1. The lowest BCUT2D eigenvalue weighted by atomic mass is 9.87. The van der Waals surface area contributed by atoms with Crippen LogP contribution in [-0.2, 0) is 4.79 Å². The van der Waals surface area contributed by atoms with Crippen LogP contribution in [-0.4, -0.2) is 23.7 Å². The van der Waals surface area contributed by atoms with Gasteiger partial charge in [0.2, 0.25) is 0 Å². The first-order valence-corrected chi connectivity index (χ1v) is 6.54. The number of carboxylic acid groups (broad SMARTS) is 1. The maximum atomic E-state index is 11.1. The van der Waals surface area contributed by atoms with Crippen LogP contribution in [0, 0.1) is 5.41 Å². The molecule has 3 heteroatoms. The van der Waals surface area contributed by atoms with Crippen molar-refractivity contribution < 1.29 is 9.90 Å². The molecule has 0 saturated heterocycles. The lowest BCUT2D eigenvalue weighted by Crippen LogP contribution is -2.36. The second-order valence-electron chi connectivity index (χ2n) is 4.95. The Kier molecular flexibility index (Phi) is 5.35. The van der Waals surface area contributed by atoms with Crippen molar-refractivity contribution in [2.75, 3.05) is 6.54 Å². The van der Waals surface area contributed by atoms with E-state index in [-0.39, 0.29) is 5.41 Å². The highest BCUT2D eigenvalue weighted by Gasteiger charge is 2.19. The topological polar surface area (TPSA) is 49.3 Å². The Morgan fingerprint density at radius 1 is 1.44 bits per heavy atom. The standard InChI is InChI=1S/C15H23NO2/c1-4-15(3)9-6-7-12(8-10-15)11-13(14(17)18)16-5-2/h6-10,13,16H,4-5,11H2,1-3H3,(H,17,18). The van der Waals surface area contributed by atoms with E-state index in [1.807, 2.05) is 19.1 Å². The van der Waals surface area contributed by atoms with E-state index < -0.39 is 12.0 Å². The minimum atomic E-state index is -0.794. The molecule has 3 nitrogen and oxygen atoms in total. The molecule has 0 aliphatic heterocycles. The van der Waals surface area contributed by atoms with Gasteiger partial charge >= 0.3 is 5.97 Å². The fraction of sp³-hybridized carbons (Fsp3) is 0.533. The second kappa shape index (κ2) is 6.55. The zero-order chi connectivity index (χ0) is 13.6. The summed E-state index contributed by atoms with van der Waals surface area (Å²) in [7, 11) is 0. The molecule has 0 bridgehead atoms. The Morgan fingerprint density at radius 3 is 2.72 bits per heavy atom. The van der Waals surface area contributed by atoms with E-state index in [2.05, 4.69) is 37.4 Å². The first-order valence-electron chi connectivity index (χ1n) is 6.54. The summed E-state index contributed by atoms with van der Waals surface area (Å²) in [5.41, 5.74) is 1.13. The molecule has 1 rings (SSSR count). The molecule has 2 N–H and O–H groups in total. The van der Waals surface area contributed by atoms with Crippen LogP contribution in [0.5, 0.6) is 0 Å². The maximum Gasteiger partial charge on any atom is 0.321 e. The summed E-state index contributed by atoms with van der Waals surface area (Å²) in [6, 6.07) is -0.509. The third kappa shape index (κ3) is 4.15. The van der Waals surface area contributed by atoms with E-state index in [0.717, 1.165) is 12.0 Å². The zero-order valence-electron chi connectivity index (χ0n) is 11.4. The molecule has 0 fully saturated rings. The monoisotopic (exact) mass is 249 g/mol. The molecule has 2 atom stereocenters. The summed E-state index contributed by atoms with van der Waals surface area (Å²) in [6.07, 6.45) is 12.0. The number of nitrogens with one attached hydrogen (secondary N) is 1. The zero-order valence-corrected chi connectivity index (χ0v) is 11.4. The molecule has 0 radical (unpaired) electrons. The van der Waals surface area contributed by atoms with Gasteiger partial charge in [-0.1, -0.05) is 51.2 Å². The van der Waals surface area contributed by atoms with Crippen molar-refractivity contribution in [3.63, 3.8) is 0 Å². The lowest BCUT2D eigenvalue weighted by molar-refractivity contribution is -0.139. The number of aliphatic carboxylic acids is 1. The number of likely N-dealkylation sites (N-methyl/N-ethyl adjacent to an activating group) is 1. The molecule has 18 heavy (non-hydrogen) atoms. The Hall–Kier alpha value is -1.35. The fourth-order valence-electron chi connectivity index (χ4n) is 1.90. The van der Waals surface area contributed by atoms with Gasteiger partial charge in [0.25, 0.3) is 0 Å². The number of carbonyl (C=O) groups is 1. The van der Waals surface area contributed by atoms with Crippen molar-refractivity contribution >= 4 is 5.97 Å². The van der Waals surface area contributed by atoms with Crippen LogP contribution in [0.4, 0.5) is 0 Å². The molecule has 2 unspecified atom stereocenters. The van der Waals surface area contributed by atoms with E-state index in [0.29, 0.717) is 13.0 Å². The summed E-state index contributed by atoms with van der Waals surface area (Å²) < 4.78 is 0. The van der Waals surface area contributed by atoms with Gasteiger partial charge in [-0.15, -0.1) is 0 Å². The first kappa shape index (κ1) is 14.7. The van der Waals surface area contributed by atoms with Gasteiger partial charge in [-0.2, -0.15) is 0 Å². The Morgan fingerprint density at radius 2 is 2.17 bits per heavy atom. The molecule has 0 saturated carbocycles. The molecule has 0 aromatic heterocycles. The third-order valence-electron chi connectivity index (χ3n) is 3.42. The van der Waals surface area contributed by atoms with E-state index in [1.165, 1.54) is 0 Å². The minimum Gasteiger partial charge on any atom is -0.480 e. The highest BCUT2D eigenvalue weighted by molar-refractivity contribution is 5.74. The highest BCUT2D eigenvalue weighted by Crippen LogP contribution is 2.28. The smallest absolute Gasteiger partial charge is 0.321 e. The number of hydrogen-bond donors (Lipinski definition) is 2. The number of rotatable bonds is 6. The van der Waals surface area contributed by atoms with Crippen molar-refractivity contribution in [1.29, 1.82) is 0 Å². The molecule has 0 aromatic rings. The van der Waals surface area contributed by atoms with E-state index >= 15 is 0 Å². The molecule has 0 amide bonds. The lowest BCUT2D eigenvalue weighted by Gasteiger charge is -2.18. The predicted molar refractivity (Wildman–Crippen MR) is 74.5 cm³/mol. The van der Waals surface area contributed by atoms with Crippen LogP contribution in [0.2, 0.25) is 0 Å². The van der Waals surface area contributed by atoms with Gasteiger partial charge in [-0.05, 0) is 25.0 Å². The molecule has 1 aliphatic rings. The molecule has 0 heterocycles. The molecular formula is C15H23NO2. The van der Waals surface area contributed by atoms with E-state index in [1.54, 1.807) is 0 Å². The summed E-state index contributed by atoms with van der Waals surface area (Å²) in [6.45, 7) is 6.91. The minimum absolute atomic E-state index is 0.0785. The van der Waals surface area contributed by atoms with Crippen molar-refractivity contribution in [2.45, 2.75) is 39.7 Å². The van der Waals surface area contributed by atoms with Crippen LogP contribution >= 0.6 is 0 Å². The fourth-order valence-corrected chi connectivity index (χ4v) is 1.90. The SMILES string of the molecule is CCNC(CC1=CC=CC(C)(CC)C=C1)C(=O)O. The van der Waals surface area contributed by atoms with Gasteiger partial charge in [-0.25, -0.2) is 0 Å². The molecule has 0 spiro atoms. The average molecular weight is 249 g/mol. The average Bonchev–Trinajstić information content (AvgIpc) is 2.52. The predicted octanol–water partition coefficient (Wildman–Crippen LogP) is 2.91. The first-order chi connectivity index (χ1) is 8.50. The van der Waals surface area contributed by atoms with Gasteiger partial charge in [0.1, 0.15) is 6.04 Å².